The second-order valence-corrected chi connectivity index (χ2v) is 5.95. The number of pyridine rings is 1. The highest BCUT2D eigenvalue weighted by Gasteiger charge is 2.17. The highest BCUT2D eigenvalue weighted by Crippen LogP contribution is 2.26. The number of hydrogen-bond donors (Lipinski definition) is 0. The number of benzene rings is 1. The van der Waals surface area contributed by atoms with Crippen LogP contribution in [0, 0.1) is 13.8 Å². The number of rotatable bonds is 2. The molecule has 1 aliphatic rings. The Bertz CT molecular complexity index is 743. The lowest BCUT2D eigenvalue weighted by Crippen LogP contribution is -2.40. The van der Waals surface area contributed by atoms with Gasteiger partial charge in [0.1, 0.15) is 5.69 Å². The molecule has 0 atom stereocenters. The average Bonchev–Trinajstić information content (AvgIpc) is 2.53. The third-order valence-corrected chi connectivity index (χ3v) is 4.22. The predicted molar refractivity (Wildman–Crippen MR) is 89.6 cm³/mol. The van der Waals surface area contributed by atoms with E-state index in [1.54, 1.807) is 4.57 Å². The largest absolute Gasteiger partial charge is 0.378 e. The molecule has 0 spiro atoms. The summed E-state index contributed by atoms with van der Waals surface area (Å²) in [4.78, 5) is 14.6. The summed E-state index contributed by atoms with van der Waals surface area (Å²) in [5.74, 6) is 0. The number of nitrogens with zero attached hydrogens (tertiary/aromatic N) is 2. The number of ether oxygens (including phenoxy) is 1. The summed E-state index contributed by atoms with van der Waals surface area (Å²) in [7, 11) is 1.82. The standard InChI is InChI=1S/C18H22N2O2/c1-13-4-5-14(2)16(10-13)15-11-17(18(21)19(3)12-15)20-6-8-22-9-7-20/h4-5,10-12H,6-9H2,1-3H3. The van der Waals surface area contributed by atoms with Crippen LogP contribution in [0.15, 0.2) is 35.3 Å². The smallest absolute Gasteiger partial charge is 0.273 e. The Morgan fingerprint density at radius 2 is 1.82 bits per heavy atom. The van der Waals surface area contributed by atoms with Gasteiger partial charge in [-0.1, -0.05) is 23.8 Å². The topological polar surface area (TPSA) is 34.5 Å². The summed E-state index contributed by atoms with van der Waals surface area (Å²) in [5, 5.41) is 0. The second kappa shape index (κ2) is 5.97. The highest BCUT2D eigenvalue weighted by molar-refractivity contribution is 5.70. The van der Waals surface area contributed by atoms with Crippen molar-refractivity contribution in [1.82, 2.24) is 4.57 Å². The van der Waals surface area contributed by atoms with Gasteiger partial charge in [0.25, 0.3) is 5.56 Å². The van der Waals surface area contributed by atoms with Crippen LogP contribution in [0.5, 0.6) is 0 Å². The molecule has 22 heavy (non-hydrogen) atoms. The van der Waals surface area contributed by atoms with Gasteiger partial charge in [-0.3, -0.25) is 4.79 Å². The summed E-state index contributed by atoms with van der Waals surface area (Å²) >= 11 is 0. The Kier molecular flexibility index (Phi) is 4.03. The minimum atomic E-state index is 0.0518. The molecule has 0 bridgehead atoms. The zero-order valence-electron chi connectivity index (χ0n) is 13.4. The van der Waals surface area contributed by atoms with Gasteiger partial charge in [0.05, 0.1) is 13.2 Å². The zero-order chi connectivity index (χ0) is 15.7. The van der Waals surface area contributed by atoms with Gasteiger partial charge in [-0.15, -0.1) is 0 Å². The molecule has 2 heterocycles. The van der Waals surface area contributed by atoms with Crippen LogP contribution in [-0.4, -0.2) is 30.9 Å². The molecule has 4 heteroatoms. The first-order chi connectivity index (χ1) is 10.6. The Balaban J connectivity index is 2.11. The molecule has 0 unspecified atom stereocenters. The van der Waals surface area contributed by atoms with E-state index in [1.807, 2.05) is 19.3 Å². The Morgan fingerprint density at radius 1 is 1.09 bits per heavy atom. The van der Waals surface area contributed by atoms with Crippen molar-refractivity contribution in [3.63, 3.8) is 0 Å². The third-order valence-electron chi connectivity index (χ3n) is 4.22. The first-order valence-corrected chi connectivity index (χ1v) is 7.67. The van der Waals surface area contributed by atoms with Crippen LogP contribution in [0.3, 0.4) is 0 Å². The van der Waals surface area contributed by atoms with E-state index in [4.69, 9.17) is 4.74 Å². The van der Waals surface area contributed by atoms with Crippen molar-refractivity contribution < 1.29 is 4.74 Å². The lowest BCUT2D eigenvalue weighted by molar-refractivity contribution is 0.122. The fraction of sp³-hybridized carbons (Fsp3) is 0.389. The van der Waals surface area contributed by atoms with E-state index in [0.717, 1.165) is 24.3 Å². The molecule has 1 aromatic carbocycles. The Hall–Kier alpha value is -2.07. The number of aromatic nitrogens is 1. The Morgan fingerprint density at radius 3 is 2.55 bits per heavy atom. The minimum Gasteiger partial charge on any atom is -0.378 e. The third kappa shape index (κ3) is 2.79. The summed E-state index contributed by atoms with van der Waals surface area (Å²) in [6.45, 7) is 7.09. The summed E-state index contributed by atoms with van der Waals surface area (Å²) < 4.78 is 7.07. The lowest BCUT2D eigenvalue weighted by atomic mass is 9.99. The van der Waals surface area contributed by atoms with Gasteiger partial charge >= 0.3 is 0 Å². The molecule has 4 nitrogen and oxygen atoms in total. The van der Waals surface area contributed by atoms with Crippen molar-refractivity contribution >= 4 is 5.69 Å². The van der Waals surface area contributed by atoms with E-state index in [9.17, 15) is 4.79 Å². The maximum absolute atomic E-state index is 12.5. The fourth-order valence-electron chi connectivity index (χ4n) is 2.92. The number of hydrogen-bond acceptors (Lipinski definition) is 3. The van der Waals surface area contributed by atoms with Gasteiger partial charge in [0.15, 0.2) is 0 Å². The molecule has 1 fully saturated rings. The highest BCUT2D eigenvalue weighted by atomic mass is 16.5. The van der Waals surface area contributed by atoms with Crippen LogP contribution in [-0.2, 0) is 11.8 Å². The van der Waals surface area contributed by atoms with Crippen molar-refractivity contribution in [2.75, 3.05) is 31.2 Å². The van der Waals surface area contributed by atoms with Gasteiger partial charge in [-0.05, 0) is 31.0 Å². The van der Waals surface area contributed by atoms with Crippen LogP contribution in [0.1, 0.15) is 11.1 Å². The molecule has 0 N–H and O–H groups in total. The SMILES string of the molecule is Cc1ccc(C)c(-c2cc(N3CCOCC3)c(=O)n(C)c2)c1. The molecule has 2 aromatic rings. The quantitative estimate of drug-likeness (QED) is 0.854. The normalized spacial score (nSPS) is 15.1. The predicted octanol–water partition coefficient (Wildman–Crippen LogP) is 2.51. The van der Waals surface area contributed by atoms with Gasteiger partial charge in [0.2, 0.25) is 0 Å². The van der Waals surface area contributed by atoms with Gasteiger partial charge in [-0.2, -0.15) is 0 Å². The first kappa shape index (κ1) is 14.9. The van der Waals surface area contributed by atoms with Crippen molar-refractivity contribution in [3.05, 3.63) is 51.9 Å². The maximum atomic E-state index is 12.5. The minimum absolute atomic E-state index is 0.0518. The van der Waals surface area contributed by atoms with Crippen molar-refractivity contribution in [2.45, 2.75) is 13.8 Å². The van der Waals surface area contributed by atoms with Crippen LogP contribution >= 0.6 is 0 Å². The lowest BCUT2D eigenvalue weighted by Gasteiger charge is -2.29. The molecule has 116 valence electrons. The Labute approximate surface area is 131 Å². The number of anilines is 1. The monoisotopic (exact) mass is 298 g/mol. The number of morpholine rings is 1. The van der Waals surface area contributed by atoms with Crippen LogP contribution in [0.4, 0.5) is 5.69 Å². The van der Waals surface area contributed by atoms with Gasteiger partial charge < -0.3 is 14.2 Å². The number of aryl methyl sites for hydroxylation is 3. The summed E-state index contributed by atoms with van der Waals surface area (Å²) in [6, 6.07) is 8.45. The van der Waals surface area contributed by atoms with E-state index in [0.29, 0.717) is 13.2 Å². The maximum Gasteiger partial charge on any atom is 0.273 e. The van der Waals surface area contributed by atoms with Crippen molar-refractivity contribution in [2.24, 2.45) is 7.05 Å². The molecular formula is C18H22N2O2. The summed E-state index contributed by atoms with van der Waals surface area (Å²) in [6.07, 6.45) is 1.92. The van der Waals surface area contributed by atoms with E-state index in [-0.39, 0.29) is 5.56 Å². The molecule has 3 rings (SSSR count). The van der Waals surface area contributed by atoms with Crippen molar-refractivity contribution in [1.29, 1.82) is 0 Å². The van der Waals surface area contributed by atoms with Crippen molar-refractivity contribution in [3.8, 4) is 11.1 Å². The molecule has 1 saturated heterocycles. The van der Waals surface area contributed by atoms with Gasteiger partial charge in [0, 0.05) is 31.9 Å². The average molecular weight is 298 g/mol. The first-order valence-electron chi connectivity index (χ1n) is 7.67. The zero-order valence-corrected chi connectivity index (χ0v) is 13.4. The van der Waals surface area contributed by atoms with Crippen LogP contribution in [0.2, 0.25) is 0 Å². The molecule has 0 amide bonds. The summed E-state index contributed by atoms with van der Waals surface area (Å²) in [5.41, 5.74) is 5.54. The molecule has 0 radical (unpaired) electrons. The van der Waals surface area contributed by atoms with E-state index in [1.165, 1.54) is 16.7 Å². The van der Waals surface area contributed by atoms with Crippen LogP contribution < -0.4 is 10.5 Å². The second-order valence-electron chi connectivity index (χ2n) is 5.95. The fourth-order valence-corrected chi connectivity index (χ4v) is 2.92. The molecule has 1 aliphatic heterocycles. The molecule has 1 aromatic heterocycles. The molecule has 0 aliphatic carbocycles. The van der Waals surface area contributed by atoms with Gasteiger partial charge in [-0.25, -0.2) is 0 Å². The van der Waals surface area contributed by atoms with E-state index < -0.39 is 0 Å². The van der Waals surface area contributed by atoms with E-state index >= 15 is 0 Å². The molecular weight excluding hydrogens is 276 g/mol. The van der Waals surface area contributed by atoms with Crippen LogP contribution in [0.25, 0.3) is 11.1 Å². The van der Waals surface area contributed by atoms with E-state index in [2.05, 4.69) is 36.9 Å². The molecule has 0 saturated carbocycles.